The Hall–Kier alpha value is -4.57. The molecule has 0 saturated heterocycles. The van der Waals surface area contributed by atoms with Crippen molar-refractivity contribution >= 4 is 40.8 Å². The molecule has 0 unspecified atom stereocenters. The monoisotopic (exact) mass is 585 g/mol. The fourth-order valence-corrected chi connectivity index (χ4v) is 4.49. The molecule has 2 aromatic heterocycles. The summed E-state index contributed by atoms with van der Waals surface area (Å²) < 4.78 is 14.7. The van der Waals surface area contributed by atoms with Gasteiger partial charge >= 0.3 is 0 Å². The molecular formula is C32H35N5O4S. The zero-order chi connectivity index (χ0) is 30.3. The minimum Gasteiger partial charge on any atom is -0.492 e. The van der Waals surface area contributed by atoms with Crippen LogP contribution in [-0.2, 0) is 12.0 Å². The second-order valence-electron chi connectivity index (χ2n) is 10.6. The minimum absolute atomic E-state index is 0.165. The molecule has 2 heterocycles. The molecule has 0 spiro atoms. The number of ether oxygens (including phenoxy) is 2. The van der Waals surface area contributed by atoms with E-state index < -0.39 is 5.91 Å². The maximum absolute atomic E-state index is 13.4. The maximum atomic E-state index is 13.4. The van der Waals surface area contributed by atoms with Crippen LogP contribution < -0.4 is 24.8 Å². The number of carbonyl (C=O) groups is 2. The van der Waals surface area contributed by atoms with Crippen molar-refractivity contribution in [3.05, 3.63) is 101 Å². The van der Waals surface area contributed by atoms with E-state index >= 15 is 0 Å². The summed E-state index contributed by atoms with van der Waals surface area (Å²) >= 11 is 1.43. The molecule has 0 aliphatic rings. The lowest BCUT2D eigenvalue weighted by Gasteiger charge is -2.24. The van der Waals surface area contributed by atoms with Crippen molar-refractivity contribution in [1.82, 2.24) is 9.97 Å². The van der Waals surface area contributed by atoms with Crippen molar-refractivity contribution < 1.29 is 19.1 Å². The van der Waals surface area contributed by atoms with E-state index in [0.717, 1.165) is 16.8 Å². The van der Waals surface area contributed by atoms with Crippen molar-refractivity contribution in [1.29, 1.82) is 0 Å². The lowest BCUT2D eigenvalue weighted by Crippen LogP contribution is -2.19. The lowest BCUT2D eigenvalue weighted by molar-refractivity contribution is 0.102. The number of carbonyl (C=O) groups excluding carboxylic acids is 2. The first-order valence-corrected chi connectivity index (χ1v) is 14.5. The van der Waals surface area contributed by atoms with E-state index in [-0.39, 0.29) is 16.9 Å². The molecule has 0 bridgehead atoms. The van der Waals surface area contributed by atoms with Gasteiger partial charge in [0.2, 0.25) is 0 Å². The molecular weight excluding hydrogens is 550 g/mol. The average Bonchev–Trinajstić information content (AvgIpc) is 2.97. The summed E-state index contributed by atoms with van der Waals surface area (Å²) in [6, 6.07) is 16.3. The first-order valence-electron chi connectivity index (χ1n) is 13.3. The van der Waals surface area contributed by atoms with Crippen LogP contribution in [0.15, 0.2) is 73.2 Å². The van der Waals surface area contributed by atoms with Gasteiger partial charge in [-0.15, -0.1) is 0 Å². The molecule has 0 radical (unpaired) electrons. The van der Waals surface area contributed by atoms with E-state index in [9.17, 15) is 9.59 Å². The summed E-state index contributed by atoms with van der Waals surface area (Å²) in [7, 11) is 1.56. The van der Waals surface area contributed by atoms with Crippen molar-refractivity contribution in [3.63, 3.8) is 0 Å². The Morgan fingerprint density at radius 3 is 2.26 bits per heavy atom. The Morgan fingerprint density at radius 1 is 0.929 bits per heavy atom. The summed E-state index contributed by atoms with van der Waals surface area (Å²) in [5.74, 6) is 0.394. The summed E-state index contributed by atoms with van der Waals surface area (Å²) in [5.41, 5.74) is 4.75. The number of nitrogens with zero attached hydrogens (tertiary/aromatic N) is 2. The molecule has 4 aromatic rings. The van der Waals surface area contributed by atoms with Gasteiger partial charge in [-0.2, -0.15) is 0 Å². The SMILES string of the molecule is COc1c(NSC)cc(C(C)(C)C)cc1NC(=O)c1cnc(C)c(C(=O)Nc2ccc(OCc3ccncc3)cc2)c1. The highest BCUT2D eigenvalue weighted by Crippen LogP contribution is 2.39. The van der Waals surface area contributed by atoms with Crippen LogP contribution in [0.2, 0.25) is 0 Å². The fourth-order valence-electron chi connectivity index (χ4n) is 4.12. The molecule has 0 atom stereocenters. The van der Waals surface area contributed by atoms with E-state index in [0.29, 0.717) is 40.7 Å². The highest BCUT2D eigenvalue weighted by molar-refractivity contribution is 7.99. The smallest absolute Gasteiger partial charge is 0.257 e. The Balaban J connectivity index is 1.49. The van der Waals surface area contributed by atoms with E-state index in [2.05, 4.69) is 46.1 Å². The van der Waals surface area contributed by atoms with Crippen LogP contribution in [0, 0.1) is 6.92 Å². The van der Waals surface area contributed by atoms with E-state index in [4.69, 9.17) is 9.47 Å². The fraction of sp³-hybridized carbons (Fsp3) is 0.250. The first-order chi connectivity index (χ1) is 20.1. The zero-order valence-corrected chi connectivity index (χ0v) is 25.4. The van der Waals surface area contributed by atoms with E-state index in [1.165, 1.54) is 18.1 Å². The number of amides is 2. The number of pyridine rings is 2. The molecule has 42 heavy (non-hydrogen) atoms. The number of hydrogen-bond acceptors (Lipinski definition) is 8. The number of anilines is 3. The molecule has 2 amide bonds. The molecule has 2 aromatic carbocycles. The molecule has 0 aliphatic heterocycles. The molecule has 0 saturated carbocycles. The Bertz CT molecular complexity index is 1550. The van der Waals surface area contributed by atoms with Crippen LogP contribution in [-0.4, -0.2) is 35.1 Å². The number of methoxy groups -OCH3 is 1. The molecule has 218 valence electrons. The van der Waals surface area contributed by atoms with Gasteiger partial charge in [0.25, 0.3) is 11.8 Å². The van der Waals surface area contributed by atoms with Crippen molar-refractivity contribution in [2.75, 3.05) is 28.7 Å². The number of hydrogen-bond donors (Lipinski definition) is 3. The number of benzene rings is 2. The Morgan fingerprint density at radius 2 is 1.62 bits per heavy atom. The summed E-state index contributed by atoms with van der Waals surface area (Å²) in [6.07, 6.45) is 6.80. The summed E-state index contributed by atoms with van der Waals surface area (Å²) in [4.78, 5) is 34.9. The quantitative estimate of drug-likeness (QED) is 0.173. The zero-order valence-electron chi connectivity index (χ0n) is 24.6. The van der Waals surface area contributed by atoms with Crippen LogP contribution in [0.4, 0.5) is 17.1 Å². The minimum atomic E-state index is -0.410. The average molecular weight is 586 g/mol. The predicted octanol–water partition coefficient (Wildman–Crippen LogP) is 6.86. The number of nitrogens with one attached hydrogen (secondary N) is 3. The summed E-state index contributed by atoms with van der Waals surface area (Å²) in [5, 5.41) is 5.83. The lowest BCUT2D eigenvalue weighted by atomic mass is 9.86. The standard InChI is InChI=1S/C32H35N5O4S/c1-20-26(31(39)35-24-7-9-25(10-8-24)41-19-21-11-13-33-14-12-21)15-22(18-34-20)30(38)36-27-16-23(32(2,3)4)17-28(37-42-6)29(27)40-5/h7-18,37H,19H2,1-6H3,(H,35,39)(H,36,38). The van der Waals surface area contributed by atoms with Crippen molar-refractivity contribution in [3.8, 4) is 11.5 Å². The van der Waals surface area contributed by atoms with Gasteiger partial charge in [0.1, 0.15) is 12.4 Å². The van der Waals surface area contributed by atoms with Gasteiger partial charge in [-0.3, -0.25) is 19.6 Å². The predicted molar refractivity (Wildman–Crippen MR) is 169 cm³/mol. The molecule has 0 fully saturated rings. The Labute approximate surface area is 250 Å². The van der Waals surface area contributed by atoms with Gasteiger partial charge in [-0.05, 0) is 78.1 Å². The number of aryl methyl sites for hydroxylation is 1. The first kappa shape index (κ1) is 30.4. The van der Waals surface area contributed by atoms with Gasteiger partial charge in [0, 0.05) is 30.5 Å². The van der Waals surface area contributed by atoms with E-state index in [1.54, 1.807) is 56.8 Å². The van der Waals surface area contributed by atoms with Gasteiger partial charge in [-0.1, -0.05) is 32.7 Å². The van der Waals surface area contributed by atoms with Crippen molar-refractivity contribution in [2.24, 2.45) is 0 Å². The topological polar surface area (TPSA) is 114 Å². The van der Waals surface area contributed by atoms with Gasteiger partial charge in [0.15, 0.2) is 5.75 Å². The number of rotatable bonds is 10. The van der Waals surface area contributed by atoms with Crippen molar-refractivity contribution in [2.45, 2.75) is 39.7 Å². The third-order valence-electron chi connectivity index (χ3n) is 6.48. The number of aromatic nitrogens is 2. The van der Waals surface area contributed by atoms with Gasteiger partial charge in [0.05, 0.1) is 35.3 Å². The second kappa shape index (κ2) is 13.4. The van der Waals surface area contributed by atoms with Crippen LogP contribution in [0.25, 0.3) is 0 Å². The van der Waals surface area contributed by atoms with Gasteiger partial charge in [-0.25, -0.2) is 0 Å². The third kappa shape index (κ3) is 7.58. The highest BCUT2D eigenvalue weighted by Gasteiger charge is 2.22. The highest BCUT2D eigenvalue weighted by atomic mass is 32.2. The van der Waals surface area contributed by atoms with Crippen LogP contribution >= 0.6 is 11.9 Å². The third-order valence-corrected chi connectivity index (χ3v) is 6.90. The Kier molecular flexibility index (Phi) is 9.69. The summed E-state index contributed by atoms with van der Waals surface area (Å²) in [6.45, 7) is 8.43. The molecule has 4 rings (SSSR count). The molecule has 3 N–H and O–H groups in total. The van der Waals surface area contributed by atoms with Gasteiger partial charge < -0.3 is 24.8 Å². The largest absolute Gasteiger partial charge is 0.492 e. The molecule has 0 aliphatic carbocycles. The second-order valence-corrected chi connectivity index (χ2v) is 11.2. The van der Waals surface area contributed by atoms with Crippen LogP contribution in [0.1, 0.15) is 58.3 Å². The molecule has 10 heteroatoms. The normalized spacial score (nSPS) is 11.0. The van der Waals surface area contributed by atoms with Crippen LogP contribution in [0.3, 0.4) is 0 Å². The maximum Gasteiger partial charge on any atom is 0.257 e. The van der Waals surface area contributed by atoms with Crippen LogP contribution in [0.5, 0.6) is 11.5 Å². The molecule has 9 nitrogen and oxygen atoms in total. The van der Waals surface area contributed by atoms with E-state index in [1.807, 2.05) is 30.5 Å².